The van der Waals surface area contributed by atoms with Crippen LogP contribution in [-0.2, 0) is 59.1 Å². The van der Waals surface area contributed by atoms with Crippen molar-refractivity contribution in [2.45, 2.75) is 143 Å². The number of nitrogens with one attached hydrogen (secondary N) is 7. The van der Waals surface area contributed by atoms with Gasteiger partial charge in [-0.25, -0.2) is 9.59 Å². The zero-order chi connectivity index (χ0) is 54.2. The van der Waals surface area contributed by atoms with Crippen molar-refractivity contribution >= 4 is 65.2 Å². The van der Waals surface area contributed by atoms with Crippen LogP contribution in [0.2, 0.25) is 0 Å². The van der Waals surface area contributed by atoms with Crippen LogP contribution in [0, 0.1) is 17.8 Å². The molecule has 0 spiro atoms. The van der Waals surface area contributed by atoms with Gasteiger partial charge in [0.1, 0.15) is 42.0 Å². The minimum Gasteiger partial charge on any atom is -0.480 e. The molecule has 0 saturated carbocycles. The fourth-order valence-electron chi connectivity index (χ4n) is 7.33. The summed E-state index contributed by atoms with van der Waals surface area (Å²) in [5, 5.41) is 37.5. The lowest BCUT2D eigenvalue weighted by Gasteiger charge is -2.27. The highest BCUT2D eigenvalue weighted by Gasteiger charge is 2.34. The Bertz CT molecular complexity index is 2220. The molecule has 0 bridgehead atoms. The van der Waals surface area contributed by atoms with E-state index in [9.17, 15) is 58.2 Å². The predicted molar refractivity (Wildman–Crippen MR) is 265 cm³/mol. The Kier molecular flexibility index (Phi) is 25.4. The topological polar surface area (TPSA) is 369 Å². The summed E-state index contributed by atoms with van der Waals surface area (Å²) in [7, 11) is 0. The van der Waals surface area contributed by atoms with E-state index in [2.05, 4.69) is 42.2 Å². The van der Waals surface area contributed by atoms with Gasteiger partial charge in [0.25, 0.3) is 5.91 Å². The molecule has 1 fully saturated rings. The van der Waals surface area contributed by atoms with Gasteiger partial charge in [0.2, 0.25) is 35.4 Å². The minimum absolute atomic E-state index is 0.00508. The largest absolute Gasteiger partial charge is 0.480 e. The first kappa shape index (κ1) is 60.5. The maximum absolute atomic E-state index is 14.3. The highest BCUT2D eigenvalue weighted by Crippen LogP contribution is 2.19. The van der Waals surface area contributed by atoms with Crippen LogP contribution in [0.5, 0.6) is 0 Å². The first-order valence-corrected chi connectivity index (χ1v) is 23.7. The highest BCUT2D eigenvalue weighted by molar-refractivity contribution is 6.00. The van der Waals surface area contributed by atoms with E-state index in [0.717, 1.165) is 5.56 Å². The summed E-state index contributed by atoms with van der Waals surface area (Å²) >= 11 is 0. The van der Waals surface area contributed by atoms with Gasteiger partial charge in [-0.2, -0.15) is 0 Å². The summed E-state index contributed by atoms with van der Waals surface area (Å²) in [4.78, 5) is 136. The van der Waals surface area contributed by atoms with Crippen molar-refractivity contribution in [1.82, 2.24) is 37.2 Å². The number of amides is 7. The number of aliphatic imine (C=N–C) groups is 1. The summed E-state index contributed by atoms with van der Waals surface area (Å²) in [5.74, 6) is -11.9. The Morgan fingerprint density at radius 3 is 2.01 bits per heavy atom. The SMILES string of the molecule is C/C=C1\NC(=O)CC[C@H](C(=O)O)NC(=O)[C@@H](C)[C@H](/C=C/C(C)=C/[C@H](C)[C@H](Cc2ccccc2)OC(C)=O)NC(=O)[C@H](CCCN=C(N)N)NC(=O)C[C@H](C(=O)O)NC(=O)[C@H](CC(C)C)NC(=O)[C@@H](C)NC1=O. The normalized spacial score (nSPS) is 24.4. The molecule has 23 heteroatoms. The molecule has 1 aliphatic heterocycles. The number of aliphatic carboxylic acids is 2. The summed E-state index contributed by atoms with van der Waals surface area (Å²) in [5.41, 5.74) is 12.2. The number of carboxylic acid groups (broad SMARTS) is 2. The van der Waals surface area contributed by atoms with Crippen molar-refractivity contribution in [3.8, 4) is 0 Å². The van der Waals surface area contributed by atoms with Gasteiger partial charge in [-0.05, 0) is 57.9 Å². The fourth-order valence-corrected chi connectivity index (χ4v) is 7.33. The van der Waals surface area contributed by atoms with E-state index >= 15 is 0 Å². The average Bonchev–Trinajstić information content (AvgIpc) is 3.29. The zero-order valence-corrected chi connectivity index (χ0v) is 42.1. The quantitative estimate of drug-likeness (QED) is 0.0282. The summed E-state index contributed by atoms with van der Waals surface area (Å²) in [6, 6.07) is 0.566. The standard InChI is InChI=1S/C49H72N10O13/c1-9-33-44(65)53-30(7)43(64)58-37(22-26(2)3)46(67)59-38(48(70)71)25-41(62)55-35(16-13-21-52-49(50)51)45(66)56-34(29(6)42(63)57-36(47(68)69)19-20-40(61)54-33)18-17-27(4)23-28(5)39(72-31(8)60)24-32-14-11-10-12-15-32/h9-12,14-15,17-18,23,26,28-30,34-39H,13,16,19-22,24-25H2,1-8H3,(H,53,65)(H,54,61)(H,55,62)(H,56,66)(H,57,63)(H,58,64)(H,59,67)(H,68,69)(H,70,71)(H4,50,51,52)/b18-17+,27-23+,33-9-/t28-,29-,30+,34-,35-,36+,37-,38+,39-/m0/s1. The number of rotatable bonds is 15. The first-order chi connectivity index (χ1) is 33.8. The van der Waals surface area contributed by atoms with E-state index < -0.39 is 127 Å². The molecule has 0 aliphatic carbocycles. The Labute approximate surface area is 419 Å². The second-order valence-corrected chi connectivity index (χ2v) is 18.0. The molecule has 1 saturated heterocycles. The van der Waals surface area contributed by atoms with Crippen LogP contribution in [0.25, 0.3) is 0 Å². The lowest BCUT2D eigenvalue weighted by molar-refractivity contribution is -0.148. The molecular formula is C49H72N10O13. The molecule has 9 atom stereocenters. The van der Waals surface area contributed by atoms with Crippen LogP contribution >= 0.6 is 0 Å². The molecule has 396 valence electrons. The summed E-state index contributed by atoms with van der Waals surface area (Å²) in [6.07, 6.45) is 4.09. The van der Waals surface area contributed by atoms with E-state index in [0.29, 0.717) is 12.0 Å². The van der Waals surface area contributed by atoms with E-state index in [-0.39, 0.29) is 49.3 Å². The van der Waals surface area contributed by atoms with Crippen LogP contribution in [0.15, 0.2) is 70.9 Å². The van der Waals surface area contributed by atoms with Gasteiger partial charge in [-0.1, -0.05) is 87.9 Å². The smallest absolute Gasteiger partial charge is 0.326 e. The van der Waals surface area contributed by atoms with Crippen LogP contribution in [-0.4, -0.2) is 124 Å². The lowest BCUT2D eigenvalue weighted by atomic mass is 9.94. The molecule has 1 aromatic carbocycles. The summed E-state index contributed by atoms with van der Waals surface area (Å²) in [6.45, 7) is 12.5. The van der Waals surface area contributed by atoms with Gasteiger partial charge < -0.3 is 63.6 Å². The maximum Gasteiger partial charge on any atom is 0.326 e. The molecule has 23 nitrogen and oxygen atoms in total. The summed E-state index contributed by atoms with van der Waals surface area (Å²) < 4.78 is 5.67. The Morgan fingerprint density at radius 2 is 1.43 bits per heavy atom. The highest BCUT2D eigenvalue weighted by atomic mass is 16.5. The van der Waals surface area contributed by atoms with E-state index in [4.69, 9.17) is 16.2 Å². The van der Waals surface area contributed by atoms with Crippen molar-refractivity contribution in [2.24, 2.45) is 34.2 Å². The number of esters is 1. The Balaban J connectivity index is 2.71. The fraction of sp³-hybridized carbons (Fsp3) is 0.531. The van der Waals surface area contributed by atoms with Gasteiger partial charge in [-0.3, -0.25) is 43.3 Å². The van der Waals surface area contributed by atoms with Crippen molar-refractivity contribution < 1.29 is 62.9 Å². The third-order valence-corrected chi connectivity index (χ3v) is 11.3. The van der Waals surface area contributed by atoms with Crippen LogP contribution < -0.4 is 48.7 Å². The van der Waals surface area contributed by atoms with Crippen molar-refractivity contribution in [1.29, 1.82) is 0 Å². The molecule has 7 amide bonds. The predicted octanol–water partition coefficient (Wildman–Crippen LogP) is 0.337. The van der Waals surface area contributed by atoms with Gasteiger partial charge in [0, 0.05) is 32.2 Å². The van der Waals surface area contributed by atoms with Crippen molar-refractivity contribution in [2.75, 3.05) is 6.54 Å². The monoisotopic (exact) mass is 1010 g/mol. The van der Waals surface area contributed by atoms with Crippen LogP contribution in [0.4, 0.5) is 0 Å². The number of hydrogen-bond acceptors (Lipinski definition) is 12. The minimum atomic E-state index is -1.87. The number of hydrogen-bond donors (Lipinski definition) is 11. The number of guanidine groups is 1. The molecule has 1 heterocycles. The molecule has 2 rings (SSSR count). The lowest BCUT2D eigenvalue weighted by Crippen LogP contribution is -2.57. The number of nitrogens with zero attached hydrogens (tertiary/aromatic N) is 1. The molecule has 0 unspecified atom stereocenters. The molecule has 1 aliphatic rings. The molecule has 13 N–H and O–H groups in total. The number of carboxylic acids is 2. The number of carbonyl (C=O) groups excluding carboxylic acids is 8. The van der Waals surface area contributed by atoms with Gasteiger partial charge in [-0.15, -0.1) is 0 Å². The molecule has 0 aromatic heterocycles. The van der Waals surface area contributed by atoms with Crippen molar-refractivity contribution in [3.05, 3.63) is 71.5 Å². The number of benzene rings is 1. The molecule has 1 aromatic rings. The third-order valence-electron chi connectivity index (χ3n) is 11.3. The van der Waals surface area contributed by atoms with E-state index in [1.54, 1.807) is 26.8 Å². The van der Waals surface area contributed by atoms with Gasteiger partial charge >= 0.3 is 17.9 Å². The van der Waals surface area contributed by atoms with E-state index in [1.807, 2.05) is 43.3 Å². The average molecular weight is 1010 g/mol. The third kappa shape index (κ3) is 22.0. The molecular weight excluding hydrogens is 937 g/mol. The molecule has 72 heavy (non-hydrogen) atoms. The van der Waals surface area contributed by atoms with Crippen LogP contribution in [0.1, 0.15) is 99.5 Å². The van der Waals surface area contributed by atoms with Crippen molar-refractivity contribution in [3.63, 3.8) is 0 Å². The number of nitrogens with two attached hydrogens (primary N) is 2. The number of ether oxygens (including phenoxy) is 1. The Morgan fingerprint density at radius 1 is 0.806 bits per heavy atom. The van der Waals surface area contributed by atoms with Crippen LogP contribution in [0.3, 0.4) is 0 Å². The first-order valence-electron chi connectivity index (χ1n) is 23.7. The second-order valence-electron chi connectivity index (χ2n) is 18.0. The molecule has 0 radical (unpaired) electrons. The Hall–Kier alpha value is -7.59. The number of allylic oxidation sites excluding steroid dienone is 3. The van der Waals surface area contributed by atoms with Gasteiger partial charge in [0.05, 0.1) is 18.4 Å². The zero-order valence-electron chi connectivity index (χ0n) is 42.1. The second kappa shape index (κ2) is 30.2. The van der Waals surface area contributed by atoms with Gasteiger partial charge in [0.15, 0.2) is 5.96 Å². The van der Waals surface area contributed by atoms with E-state index in [1.165, 1.54) is 39.8 Å². The number of carbonyl (C=O) groups is 10. The maximum atomic E-state index is 14.3.